The van der Waals surface area contributed by atoms with Gasteiger partial charge in [0.25, 0.3) is 0 Å². The largest absolute Gasteiger partial charge is 0.390 e. The molecule has 2 N–H and O–H groups in total. The maximum atomic E-state index is 9.58. The number of rotatable bonds is 10. The van der Waals surface area contributed by atoms with Gasteiger partial charge in [0.05, 0.1) is 19.3 Å². The summed E-state index contributed by atoms with van der Waals surface area (Å²) < 4.78 is 6.62. The molecule has 7 nitrogen and oxygen atoms in total. The third-order valence-corrected chi connectivity index (χ3v) is 3.42. The summed E-state index contributed by atoms with van der Waals surface area (Å²) in [6.45, 7) is 7.20. The predicted octanol–water partition coefficient (Wildman–Crippen LogP) is 0.0181. The summed E-state index contributed by atoms with van der Waals surface area (Å²) in [5, 5.41) is 25.2. The second-order valence-corrected chi connectivity index (χ2v) is 5.69. The van der Waals surface area contributed by atoms with E-state index in [1.165, 1.54) is 11.8 Å². The third-order valence-electron chi connectivity index (χ3n) is 2.32. The number of aromatic nitrogens is 4. The molecule has 8 heteroatoms. The Kier molecular flexibility index (Phi) is 7.96. The van der Waals surface area contributed by atoms with Crippen LogP contribution in [0.1, 0.15) is 13.8 Å². The normalized spacial score (nSPS) is 13.1. The molecule has 0 aliphatic rings. The average Bonchev–Trinajstić information content (AvgIpc) is 2.80. The van der Waals surface area contributed by atoms with Crippen LogP contribution in [-0.4, -0.2) is 64.0 Å². The number of nitrogens with zero attached hydrogens (tertiary/aromatic N) is 4. The minimum atomic E-state index is -0.501. The second kappa shape index (κ2) is 9.24. The first kappa shape index (κ1) is 16.4. The number of hydrogen-bond donors (Lipinski definition) is 2. The first-order chi connectivity index (χ1) is 9.13. The molecule has 0 aliphatic heterocycles. The molecule has 1 aromatic rings. The minimum Gasteiger partial charge on any atom is -0.390 e. The van der Waals surface area contributed by atoms with Gasteiger partial charge in [-0.25, -0.2) is 4.68 Å². The molecule has 1 atom stereocenters. The zero-order chi connectivity index (χ0) is 14.1. The molecule has 0 bridgehead atoms. The number of thioether (sulfide) groups is 1. The summed E-state index contributed by atoms with van der Waals surface area (Å²) in [5.74, 6) is 1.15. The first-order valence-electron chi connectivity index (χ1n) is 6.40. The topological polar surface area (TPSA) is 85.1 Å². The lowest BCUT2D eigenvalue weighted by Crippen LogP contribution is -2.25. The van der Waals surface area contributed by atoms with E-state index in [9.17, 15) is 5.11 Å². The number of aliphatic hydroxyl groups excluding tert-OH is 1. The van der Waals surface area contributed by atoms with E-state index in [2.05, 4.69) is 34.7 Å². The van der Waals surface area contributed by atoms with Gasteiger partial charge in [0, 0.05) is 19.4 Å². The molecule has 1 rings (SSSR count). The van der Waals surface area contributed by atoms with Gasteiger partial charge in [-0.3, -0.25) is 0 Å². The minimum absolute atomic E-state index is 0.324. The van der Waals surface area contributed by atoms with Gasteiger partial charge in [-0.05, 0) is 22.9 Å². The van der Waals surface area contributed by atoms with Gasteiger partial charge in [-0.1, -0.05) is 25.6 Å². The Hall–Kier alpha value is -0.700. The molecule has 0 aliphatic carbocycles. The SMILES string of the molecule is COCC(O)CSc1nnnn1CCNCC(C)C. The van der Waals surface area contributed by atoms with E-state index in [4.69, 9.17) is 4.74 Å². The summed E-state index contributed by atoms with van der Waals surface area (Å²) in [6.07, 6.45) is -0.501. The van der Waals surface area contributed by atoms with E-state index < -0.39 is 6.10 Å². The molecule has 0 fully saturated rings. The quantitative estimate of drug-likeness (QED) is 0.464. The van der Waals surface area contributed by atoms with Crippen molar-refractivity contribution >= 4 is 11.8 Å². The molecule has 0 radical (unpaired) electrons. The lowest BCUT2D eigenvalue weighted by Gasteiger charge is -2.09. The van der Waals surface area contributed by atoms with Crippen LogP contribution in [0, 0.1) is 5.92 Å². The number of hydrogen-bond acceptors (Lipinski definition) is 7. The van der Waals surface area contributed by atoms with E-state index in [-0.39, 0.29) is 0 Å². The zero-order valence-corrected chi connectivity index (χ0v) is 12.6. The van der Waals surface area contributed by atoms with Crippen molar-refractivity contribution in [1.82, 2.24) is 25.5 Å². The van der Waals surface area contributed by atoms with E-state index >= 15 is 0 Å². The van der Waals surface area contributed by atoms with Crippen LogP contribution in [0.5, 0.6) is 0 Å². The van der Waals surface area contributed by atoms with Crippen LogP contribution in [0.4, 0.5) is 0 Å². The highest BCUT2D eigenvalue weighted by Gasteiger charge is 2.10. The molecule has 0 saturated heterocycles. The number of aliphatic hydroxyl groups is 1. The van der Waals surface area contributed by atoms with Gasteiger partial charge in [-0.15, -0.1) is 5.10 Å². The van der Waals surface area contributed by atoms with Crippen LogP contribution in [0.2, 0.25) is 0 Å². The summed E-state index contributed by atoms with van der Waals surface area (Å²) in [5.41, 5.74) is 0. The van der Waals surface area contributed by atoms with Crippen molar-refractivity contribution < 1.29 is 9.84 Å². The van der Waals surface area contributed by atoms with Crippen molar-refractivity contribution in [2.24, 2.45) is 5.92 Å². The highest BCUT2D eigenvalue weighted by Crippen LogP contribution is 2.14. The van der Waals surface area contributed by atoms with Crippen LogP contribution >= 0.6 is 11.8 Å². The highest BCUT2D eigenvalue weighted by atomic mass is 32.2. The van der Waals surface area contributed by atoms with Crippen molar-refractivity contribution in [1.29, 1.82) is 0 Å². The highest BCUT2D eigenvalue weighted by molar-refractivity contribution is 7.99. The summed E-state index contributed by atoms with van der Waals surface area (Å²) in [4.78, 5) is 0. The van der Waals surface area contributed by atoms with Crippen molar-refractivity contribution in [3.63, 3.8) is 0 Å². The number of ether oxygens (including phenoxy) is 1. The van der Waals surface area contributed by atoms with Crippen molar-refractivity contribution in [2.75, 3.05) is 32.6 Å². The second-order valence-electron chi connectivity index (χ2n) is 4.70. The summed E-state index contributed by atoms with van der Waals surface area (Å²) in [6, 6.07) is 0. The Bertz CT molecular complexity index is 348. The zero-order valence-electron chi connectivity index (χ0n) is 11.7. The Morgan fingerprint density at radius 2 is 2.26 bits per heavy atom. The first-order valence-corrected chi connectivity index (χ1v) is 7.38. The molecular weight excluding hydrogens is 266 g/mol. The van der Waals surface area contributed by atoms with Gasteiger partial charge in [0.1, 0.15) is 0 Å². The molecule has 1 aromatic heterocycles. The third kappa shape index (κ3) is 6.86. The fourth-order valence-electron chi connectivity index (χ4n) is 1.43. The maximum absolute atomic E-state index is 9.58. The Morgan fingerprint density at radius 1 is 1.47 bits per heavy atom. The molecule has 1 unspecified atom stereocenters. The Labute approximate surface area is 118 Å². The average molecular weight is 289 g/mol. The monoisotopic (exact) mass is 289 g/mol. The van der Waals surface area contributed by atoms with Crippen LogP contribution in [0.3, 0.4) is 0 Å². The Balaban J connectivity index is 2.29. The molecular formula is C11H23N5O2S. The number of nitrogens with one attached hydrogen (secondary N) is 1. The standard InChI is InChI=1S/C11H23N5O2S/c1-9(2)6-12-4-5-16-11(13-14-15-16)19-8-10(17)7-18-3/h9-10,12,17H,4-8H2,1-3H3. The van der Waals surface area contributed by atoms with Crippen molar-refractivity contribution in [3.05, 3.63) is 0 Å². The van der Waals surface area contributed by atoms with Crippen LogP contribution in [-0.2, 0) is 11.3 Å². The summed E-state index contributed by atoms with van der Waals surface area (Å²) >= 11 is 1.44. The smallest absolute Gasteiger partial charge is 0.209 e. The van der Waals surface area contributed by atoms with Crippen LogP contribution < -0.4 is 5.32 Å². The van der Waals surface area contributed by atoms with Gasteiger partial charge < -0.3 is 15.2 Å². The van der Waals surface area contributed by atoms with E-state index in [1.54, 1.807) is 11.8 Å². The van der Waals surface area contributed by atoms with E-state index in [1.807, 2.05) is 0 Å². The fraction of sp³-hybridized carbons (Fsp3) is 0.909. The molecule has 0 saturated carbocycles. The summed E-state index contributed by atoms with van der Waals surface area (Å²) in [7, 11) is 1.57. The number of methoxy groups -OCH3 is 1. The maximum Gasteiger partial charge on any atom is 0.209 e. The van der Waals surface area contributed by atoms with Gasteiger partial charge in [0.15, 0.2) is 0 Å². The molecule has 0 spiro atoms. The van der Waals surface area contributed by atoms with E-state index in [0.29, 0.717) is 18.3 Å². The molecule has 0 amide bonds. The Morgan fingerprint density at radius 3 is 2.95 bits per heavy atom. The van der Waals surface area contributed by atoms with Gasteiger partial charge in [0.2, 0.25) is 5.16 Å². The van der Waals surface area contributed by atoms with E-state index in [0.717, 1.165) is 24.8 Å². The van der Waals surface area contributed by atoms with Crippen LogP contribution in [0.15, 0.2) is 5.16 Å². The molecule has 110 valence electrons. The fourth-order valence-corrected chi connectivity index (χ4v) is 2.24. The van der Waals surface area contributed by atoms with Gasteiger partial charge in [-0.2, -0.15) is 0 Å². The van der Waals surface area contributed by atoms with Gasteiger partial charge >= 0.3 is 0 Å². The lowest BCUT2D eigenvalue weighted by molar-refractivity contribution is 0.0793. The lowest BCUT2D eigenvalue weighted by atomic mass is 10.2. The number of tetrazole rings is 1. The predicted molar refractivity (Wildman–Crippen MR) is 74.1 cm³/mol. The van der Waals surface area contributed by atoms with Crippen molar-refractivity contribution in [2.45, 2.75) is 31.7 Å². The molecule has 1 heterocycles. The molecule has 0 aromatic carbocycles. The van der Waals surface area contributed by atoms with Crippen LogP contribution in [0.25, 0.3) is 0 Å². The molecule has 19 heavy (non-hydrogen) atoms. The van der Waals surface area contributed by atoms with Crippen molar-refractivity contribution in [3.8, 4) is 0 Å².